The molecule has 0 heterocycles. The second-order valence-electron chi connectivity index (χ2n) is 6.58. The number of hydrogen-bond acceptors (Lipinski definition) is 4. The molecule has 3 rings (SSSR count). The van der Waals surface area contributed by atoms with Gasteiger partial charge in [0.1, 0.15) is 23.0 Å². The Balaban J connectivity index is 1.90. The average Bonchev–Trinajstić information content (AvgIpc) is 2.66. The summed E-state index contributed by atoms with van der Waals surface area (Å²) in [6.45, 7) is 1.55. The van der Waals surface area contributed by atoms with Crippen molar-refractivity contribution in [3.05, 3.63) is 71.3 Å². The summed E-state index contributed by atoms with van der Waals surface area (Å²) in [4.78, 5) is 0. The molecule has 0 unspecified atom stereocenters. The number of benzene rings is 3. The third kappa shape index (κ3) is 4.96. The topological polar surface area (TPSA) is 70.5 Å². The molecule has 0 aliphatic rings. The minimum atomic E-state index is -4.66. The predicted octanol–water partition coefficient (Wildman–Crippen LogP) is 6.78. The van der Waals surface area contributed by atoms with Crippen LogP contribution in [0, 0.1) is 6.92 Å². The van der Waals surface area contributed by atoms with Gasteiger partial charge in [-0.05, 0) is 55.5 Å². The molecule has 0 saturated carbocycles. The van der Waals surface area contributed by atoms with Gasteiger partial charge in [-0.25, -0.2) is 0 Å². The molecule has 4 nitrogen and oxygen atoms in total. The van der Waals surface area contributed by atoms with Crippen LogP contribution in [0.25, 0.3) is 0 Å². The minimum absolute atomic E-state index is 0.117. The zero-order valence-electron chi connectivity index (χ0n) is 15.9. The van der Waals surface area contributed by atoms with Crippen LogP contribution in [0.4, 0.5) is 37.7 Å². The average molecular weight is 442 g/mol. The fourth-order valence-electron chi connectivity index (χ4n) is 2.76. The monoisotopic (exact) mass is 442 g/mol. The summed E-state index contributed by atoms with van der Waals surface area (Å²) in [6, 6.07) is 10.7. The van der Waals surface area contributed by atoms with Crippen LogP contribution in [0.3, 0.4) is 0 Å². The number of halogens is 6. The van der Waals surface area contributed by atoms with Crippen molar-refractivity contribution in [1.82, 2.24) is 0 Å². The summed E-state index contributed by atoms with van der Waals surface area (Å²) >= 11 is 0. The first-order valence-electron chi connectivity index (χ1n) is 8.75. The Morgan fingerprint density at radius 3 is 1.39 bits per heavy atom. The maximum atomic E-state index is 13.1. The molecule has 0 aromatic heterocycles. The van der Waals surface area contributed by atoms with Crippen LogP contribution in [0.15, 0.2) is 54.6 Å². The summed E-state index contributed by atoms with van der Waals surface area (Å²) in [6.07, 6.45) is -9.32. The van der Waals surface area contributed by atoms with E-state index in [2.05, 4.69) is 0 Å². The third-order valence-electron chi connectivity index (χ3n) is 4.35. The van der Waals surface area contributed by atoms with Crippen molar-refractivity contribution in [2.45, 2.75) is 19.3 Å². The van der Waals surface area contributed by atoms with Crippen LogP contribution in [0.2, 0.25) is 0 Å². The highest BCUT2D eigenvalue weighted by atomic mass is 19.4. The van der Waals surface area contributed by atoms with Crippen LogP contribution in [0.5, 0.6) is 23.0 Å². The maximum absolute atomic E-state index is 13.1. The number of nitrogens with two attached hydrogens (primary N) is 2. The van der Waals surface area contributed by atoms with E-state index in [1.807, 2.05) is 0 Å². The lowest BCUT2D eigenvalue weighted by atomic mass is 10.1. The zero-order valence-corrected chi connectivity index (χ0v) is 15.9. The van der Waals surface area contributed by atoms with Gasteiger partial charge in [-0.2, -0.15) is 26.3 Å². The van der Waals surface area contributed by atoms with E-state index in [0.717, 1.165) is 24.3 Å². The van der Waals surface area contributed by atoms with E-state index in [0.29, 0.717) is 5.56 Å². The first kappa shape index (κ1) is 22.1. The van der Waals surface area contributed by atoms with Crippen LogP contribution >= 0.6 is 0 Å². The summed E-state index contributed by atoms with van der Waals surface area (Å²) in [5, 5.41) is 0. The highest BCUT2D eigenvalue weighted by Gasteiger charge is 2.34. The van der Waals surface area contributed by atoms with Gasteiger partial charge in [0.2, 0.25) is 0 Å². The van der Waals surface area contributed by atoms with E-state index in [-0.39, 0.29) is 23.0 Å². The zero-order chi connectivity index (χ0) is 23.0. The molecular weight excluding hydrogens is 426 g/mol. The van der Waals surface area contributed by atoms with E-state index in [1.165, 1.54) is 30.3 Å². The Labute approximate surface area is 173 Å². The maximum Gasteiger partial charge on any atom is 0.418 e. The standard InChI is InChI=1S/C21H16F6N2O2/c1-11-18(30-12-5-7-16(28)14(9-12)20(22,23)24)3-2-4-19(11)31-13-6-8-17(29)15(10-13)21(25,26)27/h2-10H,28-29H2,1H3. The number of hydrogen-bond donors (Lipinski definition) is 2. The second-order valence-corrected chi connectivity index (χ2v) is 6.58. The summed E-state index contributed by atoms with van der Waals surface area (Å²) in [5.41, 5.74) is 8.13. The fraction of sp³-hybridized carbons (Fsp3) is 0.143. The Kier molecular flexibility index (Phi) is 5.66. The number of ether oxygens (including phenoxy) is 2. The van der Waals surface area contributed by atoms with Crippen LogP contribution in [-0.4, -0.2) is 0 Å². The molecule has 0 radical (unpaired) electrons. The fourth-order valence-corrected chi connectivity index (χ4v) is 2.76. The van der Waals surface area contributed by atoms with Crippen molar-refractivity contribution in [1.29, 1.82) is 0 Å². The SMILES string of the molecule is Cc1c(Oc2ccc(N)c(C(F)(F)F)c2)cccc1Oc1ccc(N)c(C(F)(F)F)c1. The van der Waals surface area contributed by atoms with Crippen molar-refractivity contribution in [3.8, 4) is 23.0 Å². The lowest BCUT2D eigenvalue weighted by molar-refractivity contribution is -0.137. The normalized spacial score (nSPS) is 12.0. The quantitative estimate of drug-likeness (QED) is 0.345. The van der Waals surface area contributed by atoms with Gasteiger partial charge in [-0.3, -0.25) is 0 Å². The molecule has 0 fully saturated rings. The van der Waals surface area contributed by atoms with Gasteiger partial charge in [0.15, 0.2) is 0 Å². The van der Waals surface area contributed by atoms with E-state index in [4.69, 9.17) is 20.9 Å². The first-order chi connectivity index (χ1) is 14.4. The molecule has 164 valence electrons. The molecule has 0 amide bonds. The van der Waals surface area contributed by atoms with Crippen LogP contribution in [0.1, 0.15) is 16.7 Å². The van der Waals surface area contributed by atoms with Crippen molar-refractivity contribution in [2.24, 2.45) is 0 Å². The Hall–Kier alpha value is -3.56. The number of anilines is 2. The molecule has 0 spiro atoms. The van der Waals surface area contributed by atoms with Gasteiger partial charge in [0.05, 0.1) is 11.1 Å². The van der Waals surface area contributed by atoms with Gasteiger partial charge < -0.3 is 20.9 Å². The largest absolute Gasteiger partial charge is 0.457 e. The Morgan fingerprint density at radius 1 is 0.645 bits per heavy atom. The highest BCUT2D eigenvalue weighted by Crippen LogP contribution is 2.40. The van der Waals surface area contributed by atoms with E-state index < -0.39 is 34.9 Å². The van der Waals surface area contributed by atoms with Gasteiger partial charge in [-0.15, -0.1) is 0 Å². The van der Waals surface area contributed by atoms with E-state index in [9.17, 15) is 26.3 Å². The number of nitrogen functional groups attached to an aromatic ring is 2. The van der Waals surface area contributed by atoms with Gasteiger partial charge >= 0.3 is 12.4 Å². The molecule has 0 saturated heterocycles. The van der Waals surface area contributed by atoms with Gasteiger partial charge in [0.25, 0.3) is 0 Å². The van der Waals surface area contributed by atoms with Crippen molar-refractivity contribution < 1.29 is 35.8 Å². The van der Waals surface area contributed by atoms with Crippen molar-refractivity contribution in [3.63, 3.8) is 0 Å². The highest BCUT2D eigenvalue weighted by molar-refractivity contribution is 5.55. The number of alkyl halides is 6. The lowest BCUT2D eigenvalue weighted by Crippen LogP contribution is -2.09. The lowest BCUT2D eigenvalue weighted by Gasteiger charge is -2.16. The van der Waals surface area contributed by atoms with E-state index in [1.54, 1.807) is 6.92 Å². The second kappa shape index (κ2) is 7.93. The molecule has 10 heteroatoms. The summed E-state index contributed by atoms with van der Waals surface area (Å²) in [7, 11) is 0. The molecule has 31 heavy (non-hydrogen) atoms. The van der Waals surface area contributed by atoms with Crippen molar-refractivity contribution >= 4 is 11.4 Å². The molecule has 0 aliphatic heterocycles. The molecular formula is C21H16F6N2O2. The Morgan fingerprint density at radius 2 is 1.03 bits per heavy atom. The summed E-state index contributed by atoms with van der Waals surface area (Å²) < 4.78 is 89.4. The van der Waals surface area contributed by atoms with Gasteiger partial charge in [-0.1, -0.05) is 6.07 Å². The third-order valence-corrected chi connectivity index (χ3v) is 4.35. The smallest absolute Gasteiger partial charge is 0.418 e. The summed E-state index contributed by atoms with van der Waals surface area (Å²) in [5.74, 6) is 0.0750. The first-order valence-corrected chi connectivity index (χ1v) is 8.75. The van der Waals surface area contributed by atoms with Crippen LogP contribution in [-0.2, 0) is 12.4 Å². The van der Waals surface area contributed by atoms with Crippen LogP contribution < -0.4 is 20.9 Å². The van der Waals surface area contributed by atoms with Crippen molar-refractivity contribution in [2.75, 3.05) is 11.5 Å². The molecule has 0 atom stereocenters. The predicted molar refractivity (Wildman–Crippen MR) is 103 cm³/mol. The minimum Gasteiger partial charge on any atom is -0.457 e. The molecule has 0 aliphatic carbocycles. The molecule has 3 aromatic carbocycles. The molecule has 0 bridgehead atoms. The Bertz CT molecular complexity index is 1030. The molecule has 3 aromatic rings. The molecule has 4 N–H and O–H groups in total. The van der Waals surface area contributed by atoms with E-state index >= 15 is 0 Å². The van der Waals surface area contributed by atoms with Gasteiger partial charge in [0, 0.05) is 16.9 Å². The number of rotatable bonds is 4.